The van der Waals surface area contributed by atoms with Gasteiger partial charge in [-0.25, -0.2) is 9.97 Å². The first-order chi connectivity index (χ1) is 7.47. The molecule has 0 saturated carbocycles. The molecule has 2 aromatic rings. The van der Waals surface area contributed by atoms with E-state index in [0.29, 0.717) is 6.54 Å². The molecule has 2 heterocycles. The third-order valence-corrected chi connectivity index (χ3v) is 2.36. The molecule has 0 aliphatic rings. The number of nitrogens with one attached hydrogen (secondary N) is 2. The van der Waals surface area contributed by atoms with E-state index in [2.05, 4.69) is 20.3 Å². The highest BCUT2D eigenvalue weighted by atomic mass is 16.3. The Bertz CT molecular complexity index is 498. The minimum atomic E-state index is -0.762. The number of aryl methyl sites for hydroxylation is 1. The van der Waals surface area contributed by atoms with Crippen molar-refractivity contribution >= 4 is 16.9 Å². The highest BCUT2D eigenvalue weighted by Gasteiger charge is 2.14. The number of rotatable bonds is 3. The number of aliphatic hydroxyl groups is 1. The monoisotopic (exact) mass is 220 g/mol. The van der Waals surface area contributed by atoms with Crippen molar-refractivity contribution in [1.29, 1.82) is 0 Å². The van der Waals surface area contributed by atoms with Crippen LogP contribution in [0.15, 0.2) is 12.5 Å². The molecule has 0 atom stereocenters. The van der Waals surface area contributed by atoms with Gasteiger partial charge in [0.25, 0.3) is 0 Å². The predicted molar refractivity (Wildman–Crippen MR) is 63.4 cm³/mol. The number of hydrogen-bond acceptors (Lipinski definition) is 4. The molecule has 0 saturated heterocycles. The van der Waals surface area contributed by atoms with Gasteiger partial charge < -0.3 is 15.4 Å². The Labute approximate surface area is 93.9 Å². The highest BCUT2D eigenvalue weighted by molar-refractivity contribution is 5.90. The molecule has 3 N–H and O–H groups in total. The second-order valence-electron chi connectivity index (χ2n) is 4.58. The minimum absolute atomic E-state index is 0.448. The molecular weight excluding hydrogens is 204 g/mol. The first-order valence-electron chi connectivity index (χ1n) is 5.22. The van der Waals surface area contributed by atoms with Crippen molar-refractivity contribution in [1.82, 2.24) is 15.0 Å². The van der Waals surface area contributed by atoms with Gasteiger partial charge in [-0.3, -0.25) is 0 Å². The number of hydrogen-bond donors (Lipinski definition) is 3. The van der Waals surface area contributed by atoms with Crippen LogP contribution in [0.2, 0.25) is 0 Å². The summed E-state index contributed by atoms with van der Waals surface area (Å²) in [6, 6.07) is 0. The fourth-order valence-corrected chi connectivity index (χ4v) is 1.55. The van der Waals surface area contributed by atoms with Crippen LogP contribution in [-0.2, 0) is 0 Å². The largest absolute Gasteiger partial charge is 0.389 e. The Kier molecular flexibility index (Phi) is 2.55. The van der Waals surface area contributed by atoms with Crippen molar-refractivity contribution in [3.05, 3.63) is 18.1 Å². The molecule has 0 fully saturated rings. The van der Waals surface area contributed by atoms with Crippen molar-refractivity contribution in [2.24, 2.45) is 0 Å². The number of nitrogens with zero attached hydrogens (tertiary/aromatic N) is 2. The fraction of sp³-hybridized carbons (Fsp3) is 0.455. The molecule has 0 aliphatic carbocycles. The number of aromatic nitrogens is 3. The Morgan fingerprint density at radius 2 is 2.19 bits per heavy atom. The fourth-order valence-electron chi connectivity index (χ4n) is 1.55. The summed E-state index contributed by atoms with van der Waals surface area (Å²) in [6.07, 6.45) is 3.40. The third-order valence-electron chi connectivity index (χ3n) is 2.36. The Hall–Kier alpha value is -1.62. The van der Waals surface area contributed by atoms with Gasteiger partial charge >= 0.3 is 0 Å². The summed E-state index contributed by atoms with van der Waals surface area (Å²) >= 11 is 0. The molecule has 2 rings (SSSR count). The van der Waals surface area contributed by atoms with E-state index in [0.717, 1.165) is 22.4 Å². The van der Waals surface area contributed by atoms with Crippen LogP contribution in [0.3, 0.4) is 0 Å². The van der Waals surface area contributed by atoms with Crippen molar-refractivity contribution < 1.29 is 5.11 Å². The summed E-state index contributed by atoms with van der Waals surface area (Å²) in [5.74, 6) is 0.755. The van der Waals surface area contributed by atoms with Crippen LogP contribution >= 0.6 is 0 Å². The van der Waals surface area contributed by atoms with Crippen LogP contribution in [0.1, 0.15) is 19.4 Å². The Morgan fingerprint density at radius 1 is 1.44 bits per heavy atom. The van der Waals surface area contributed by atoms with Crippen LogP contribution in [0.25, 0.3) is 11.0 Å². The van der Waals surface area contributed by atoms with Gasteiger partial charge in [0.05, 0.1) is 11.0 Å². The maximum absolute atomic E-state index is 9.66. The molecule has 0 amide bonds. The summed E-state index contributed by atoms with van der Waals surface area (Å²) in [7, 11) is 0. The predicted octanol–water partition coefficient (Wildman–Crippen LogP) is 1.45. The quantitative estimate of drug-likeness (QED) is 0.732. The lowest BCUT2D eigenvalue weighted by Gasteiger charge is -2.18. The minimum Gasteiger partial charge on any atom is -0.389 e. The van der Waals surface area contributed by atoms with E-state index in [4.69, 9.17) is 0 Å². The summed E-state index contributed by atoms with van der Waals surface area (Å²) in [6.45, 7) is 5.95. The SMILES string of the molecule is Cc1c[nH]c2ncnc(NCC(C)(C)O)c12. The summed E-state index contributed by atoms with van der Waals surface area (Å²) in [5.41, 5.74) is 1.14. The molecule has 16 heavy (non-hydrogen) atoms. The van der Waals surface area contributed by atoms with Gasteiger partial charge in [-0.15, -0.1) is 0 Å². The van der Waals surface area contributed by atoms with Crippen molar-refractivity contribution in [3.8, 4) is 0 Å². The van der Waals surface area contributed by atoms with Gasteiger partial charge in [0, 0.05) is 12.7 Å². The Balaban J connectivity index is 2.33. The van der Waals surface area contributed by atoms with Crippen molar-refractivity contribution in [2.45, 2.75) is 26.4 Å². The average Bonchev–Trinajstić information content (AvgIpc) is 2.57. The maximum atomic E-state index is 9.66. The van der Waals surface area contributed by atoms with Gasteiger partial charge in [-0.2, -0.15) is 0 Å². The zero-order valence-corrected chi connectivity index (χ0v) is 9.70. The van der Waals surface area contributed by atoms with E-state index in [1.807, 2.05) is 13.1 Å². The molecule has 0 spiro atoms. The number of fused-ring (bicyclic) bond motifs is 1. The second-order valence-corrected chi connectivity index (χ2v) is 4.58. The van der Waals surface area contributed by atoms with Gasteiger partial charge in [0.1, 0.15) is 17.8 Å². The Morgan fingerprint density at radius 3 is 2.88 bits per heavy atom. The van der Waals surface area contributed by atoms with E-state index >= 15 is 0 Å². The number of aromatic amines is 1. The van der Waals surface area contributed by atoms with Gasteiger partial charge in [0.15, 0.2) is 0 Å². The maximum Gasteiger partial charge on any atom is 0.143 e. The normalized spacial score (nSPS) is 12.0. The molecule has 5 nitrogen and oxygen atoms in total. The zero-order chi connectivity index (χ0) is 11.8. The van der Waals surface area contributed by atoms with Crippen LogP contribution < -0.4 is 5.32 Å². The van der Waals surface area contributed by atoms with E-state index < -0.39 is 5.60 Å². The van der Waals surface area contributed by atoms with Gasteiger partial charge in [-0.05, 0) is 26.3 Å². The number of anilines is 1. The third kappa shape index (κ3) is 2.14. The molecule has 0 aliphatic heterocycles. The molecule has 0 bridgehead atoms. The smallest absolute Gasteiger partial charge is 0.143 e. The van der Waals surface area contributed by atoms with Crippen LogP contribution in [0.4, 0.5) is 5.82 Å². The van der Waals surface area contributed by atoms with E-state index in [1.165, 1.54) is 6.33 Å². The molecule has 0 aromatic carbocycles. The first kappa shape index (κ1) is 10.9. The molecule has 2 aromatic heterocycles. The van der Waals surface area contributed by atoms with Crippen LogP contribution in [0, 0.1) is 6.92 Å². The van der Waals surface area contributed by atoms with Crippen molar-refractivity contribution in [3.63, 3.8) is 0 Å². The van der Waals surface area contributed by atoms with Crippen LogP contribution in [-0.4, -0.2) is 32.2 Å². The van der Waals surface area contributed by atoms with E-state index in [9.17, 15) is 5.11 Å². The summed E-state index contributed by atoms with van der Waals surface area (Å²) in [4.78, 5) is 11.4. The van der Waals surface area contributed by atoms with Gasteiger partial charge in [-0.1, -0.05) is 0 Å². The summed E-state index contributed by atoms with van der Waals surface area (Å²) < 4.78 is 0. The number of H-pyrrole nitrogens is 1. The lowest BCUT2D eigenvalue weighted by atomic mass is 10.1. The average molecular weight is 220 g/mol. The lowest BCUT2D eigenvalue weighted by molar-refractivity contribution is 0.0944. The van der Waals surface area contributed by atoms with E-state index in [-0.39, 0.29) is 0 Å². The lowest BCUT2D eigenvalue weighted by Crippen LogP contribution is -2.29. The van der Waals surface area contributed by atoms with Crippen molar-refractivity contribution in [2.75, 3.05) is 11.9 Å². The molecule has 5 heteroatoms. The topological polar surface area (TPSA) is 73.8 Å². The molecule has 0 radical (unpaired) electrons. The molecule has 0 unspecified atom stereocenters. The summed E-state index contributed by atoms with van der Waals surface area (Å²) in [5, 5.41) is 13.8. The van der Waals surface area contributed by atoms with Gasteiger partial charge in [0.2, 0.25) is 0 Å². The zero-order valence-electron chi connectivity index (χ0n) is 9.70. The molecule has 86 valence electrons. The standard InChI is InChI=1S/C11H16N4O/c1-7-4-12-9-8(7)10(15-6-14-9)13-5-11(2,3)16/h4,6,16H,5H2,1-3H3,(H2,12,13,14,15). The molecular formula is C11H16N4O. The van der Waals surface area contributed by atoms with Crippen LogP contribution in [0.5, 0.6) is 0 Å². The highest BCUT2D eigenvalue weighted by Crippen LogP contribution is 2.22. The van der Waals surface area contributed by atoms with E-state index in [1.54, 1.807) is 13.8 Å². The second kappa shape index (κ2) is 3.75. The first-order valence-corrected chi connectivity index (χ1v) is 5.22.